The average Bonchev–Trinajstić information content (AvgIpc) is 2.38. The molecule has 0 amide bonds. The van der Waals surface area contributed by atoms with Crippen LogP contribution in [0.2, 0.25) is 5.15 Å². The van der Waals surface area contributed by atoms with Crippen LogP contribution >= 0.6 is 11.6 Å². The summed E-state index contributed by atoms with van der Waals surface area (Å²) < 4.78 is 16.4. The highest BCUT2D eigenvalue weighted by Gasteiger charge is 2.13. The maximum Gasteiger partial charge on any atom is 0.157 e. The van der Waals surface area contributed by atoms with Gasteiger partial charge in [0.2, 0.25) is 0 Å². The third-order valence-corrected chi connectivity index (χ3v) is 2.72. The molecule has 1 aliphatic heterocycles. The Morgan fingerprint density at radius 3 is 3.00 bits per heavy atom. The van der Waals surface area contributed by atoms with E-state index in [1.807, 2.05) is 0 Å². The van der Waals surface area contributed by atoms with Crippen molar-refractivity contribution in [2.45, 2.75) is 25.6 Å². The van der Waals surface area contributed by atoms with Crippen LogP contribution in [-0.4, -0.2) is 31.1 Å². The average molecular weight is 258 g/mol. The molecule has 94 valence electrons. The molecule has 1 fully saturated rings. The molecule has 0 radical (unpaired) electrons. The van der Waals surface area contributed by atoms with E-state index in [9.17, 15) is 0 Å². The molecule has 0 saturated carbocycles. The molecule has 5 heteroatoms. The summed E-state index contributed by atoms with van der Waals surface area (Å²) in [5.41, 5.74) is 0. The molecule has 1 aliphatic rings. The predicted molar refractivity (Wildman–Crippen MR) is 64.3 cm³/mol. The molecule has 17 heavy (non-hydrogen) atoms. The summed E-state index contributed by atoms with van der Waals surface area (Å²) >= 11 is 5.67. The lowest BCUT2D eigenvalue weighted by atomic mass is 10.2. The second-order valence-electron chi connectivity index (χ2n) is 3.83. The fourth-order valence-corrected chi connectivity index (χ4v) is 1.74. The summed E-state index contributed by atoms with van der Waals surface area (Å²) in [6.45, 7) is 1.81. The van der Waals surface area contributed by atoms with Crippen LogP contribution in [0, 0.1) is 0 Å². The summed E-state index contributed by atoms with van der Waals surface area (Å²) in [6.07, 6.45) is 4.82. The molecular formula is C12H16ClNO3. The number of rotatable bonds is 5. The maximum absolute atomic E-state index is 5.67. The van der Waals surface area contributed by atoms with E-state index < -0.39 is 0 Å². The second-order valence-corrected chi connectivity index (χ2v) is 4.22. The van der Waals surface area contributed by atoms with Crippen LogP contribution in [0.3, 0.4) is 0 Å². The Morgan fingerprint density at radius 1 is 1.35 bits per heavy atom. The molecule has 1 unspecified atom stereocenters. The van der Waals surface area contributed by atoms with E-state index in [1.54, 1.807) is 18.3 Å². The first-order valence-electron chi connectivity index (χ1n) is 5.82. The summed E-state index contributed by atoms with van der Waals surface area (Å²) in [7, 11) is 0. The summed E-state index contributed by atoms with van der Waals surface area (Å²) in [5, 5.41) is 0.462. The van der Waals surface area contributed by atoms with Crippen molar-refractivity contribution >= 4 is 11.6 Å². The first kappa shape index (κ1) is 12.6. The van der Waals surface area contributed by atoms with Gasteiger partial charge in [-0.15, -0.1) is 0 Å². The van der Waals surface area contributed by atoms with Gasteiger partial charge < -0.3 is 14.2 Å². The van der Waals surface area contributed by atoms with E-state index in [2.05, 4.69) is 4.98 Å². The van der Waals surface area contributed by atoms with Crippen molar-refractivity contribution in [3.8, 4) is 5.75 Å². The van der Waals surface area contributed by atoms with Crippen LogP contribution in [0.1, 0.15) is 19.3 Å². The Bertz CT molecular complexity index is 325. The molecule has 1 aromatic rings. The molecule has 0 bridgehead atoms. The molecule has 2 heterocycles. The quantitative estimate of drug-likeness (QED) is 0.601. The van der Waals surface area contributed by atoms with Gasteiger partial charge in [-0.3, -0.25) is 0 Å². The molecule has 4 nitrogen and oxygen atoms in total. The minimum atomic E-state index is -0.0595. The molecule has 1 aromatic heterocycles. The Hall–Kier alpha value is -0.840. The lowest BCUT2D eigenvalue weighted by Crippen LogP contribution is -2.24. The molecule has 1 atom stereocenters. The van der Waals surface area contributed by atoms with Gasteiger partial charge in [0.1, 0.15) is 17.5 Å². The lowest BCUT2D eigenvalue weighted by Gasteiger charge is -2.22. The second kappa shape index (κ2) is 6.79. The fraction of sp³-hybridized carbons (Fsp3) is 0.583. The minimum absolute atomic E-state index is 0.0595. The van der Waals surface area contributed by atoms with Gasteiger partial charge in [0.15, 0.2) is 6.29 Å². The zero-order chi connectivity index (χ0) is 11.9. The summed E-state index contributed by atoms with van der Waals surface area (Å²) in [5.74, 6) is 0.697. The van der Waals surface area contributed by atoms with E-state index in [0.717, 1.165) is 19.4 Å². The number of hydrogen-bond acceptors (Lipinski definition) is 4. The first-order valence-corrected chi connectivity index (χ1v) is 6.20. The van der Waals surface area contributed by atoms with Gasteiger partial charge in [-0.2, -0.15) is 0 Å². The number of halogens is 1. The van der Waals surface area contributed by atoms with Crippen LogP contribution in [0.15, 0.2) is 18.3 Å². The van der Waals surface area contributed by atoms with Crippen molar-refractivity contribution in [1.29, 1.82) is 0 Å². The summed E-state index contributed by atoms with van der Waals surface area (Å²) in [6, 6.07) is 3.48. The van der Waals surface area contributed by atoms with E-state index in [0.29, 0.717) is 24.1 Å². The Labute approximate surface area is 106 Å². The van der Waals surface area contributed by atoms with Crippen LogP contribution in [0.25, 0.3) is 0 Å². The zero-order valence-electron chi connectivity index (χ0n) is 9.60. The summed E-state index contributed by atoms with van der Waals surface area (Å²) in [4.78, 5) is 3.92. The van der Waals surface area contributed by atoms with Crippen molar-refractivity contribution in [3.05, 3.63) is 23.5 Å². The van der Waals surface area contributed by atoms with Crippen molar-refractivity contribution < 1.29 is 14.2 Å². The highest BCUT2D eigenvalue weighted by atomic mass is 35.5. The first-order chi connectivity index (χ1) is 8.34. The predicted octanol–water partition coefficient (Wildman–Crippen LogP) is 2.66. The smallest absolute Gasteiger partial charge is 0.157 e. The number of hydrogen-bond donors (Lipinski definition) is 0. The Morgan fingerprint density at radius 2 is 2.29 bits per heavy atom. The molecule has 0 spiro atoms. The number of pyridine rings is 1. The zero-order valence-corrected chi connectivity index (χ0v) is 10.4. The standard InChI is InChI=1S/C12H16ClNO3/c13-11-5-4-10(9-14-11)15-7-8-17-12-3-1-2-6-16-12/h4-5,9,12H,1-3,6-8H2. The highest BCUT2D eigenvalue weighted by molar-refractivity contribution is 6.29. The lowest BCUT2D eigenvalue weighted by molar-refractivity contribution is -0.165. The molecule has 1 saturated heterocycles. The van der Waals surface area contributed by atoms with Crippen molar-refractivity contribution in [3.63, 3.8) is 0 Å². The van der Waals surface area contributed by atoms with E-state index >= 15 is 0 Å². The molecule has 0 aliphatic carbocycles. The van der Waals surface area contributed by atoms with Gasteiger partial charge in [0.25, 0.3) is 0 Å². The third-order valence-electron chi connectivity index (χ3n) is 2.49. The third kappa shape index (κ3) is 4.50. The van der Waals surface area contributed by atoms with Crippen LogP contribution in [-0.2, 0) is 9.47 Å². The normalized spacial score (nSPS) is 20.2. The van der Waals surface area contributed by atoms with Crippen LogP contribution < -0.4 is 4.74 Å². The van der Waals surface area contributed by atoms with Gasteiger partial charge >= 0.3 is 0 Å². The maximum atomic E-state index is 5.67. The van der Waals surface area contributed by atoms with Crippen molar-refractivity contribution in [2.75, 3.05) is 19.8 Å². The van der Waals surface area contributed by atoms with Gasteiger partial charge in [0.05, 0.1) is 12.8 Å². The van der Waals surface area contributed by atoms with Crippen LogP contribution in [0.5, 0.6) is 5.75 Å². The molecular weight excluding hydrogens is 242 g/mol. The van der Waals surface area contributed by atoms with Crippen molar-refractivity contribution in [1.82, 2.24) is 4.98 Å². The molecule has 0 aromatic carbocycles. The highest BCUT2D eigenvalue weighted by Crippen LogP contribution is 2.14. The van der Waals surface area contributed by atoms with E-state index in [1.165, 1.54) is 6.42 Å². The van der Waals surface area contributed by atoms with Gasteiger partial charge in [-0.25, -0.2) is 4.98 Å². The largest absolute Gasteiger partial charge is 0.490 e. The van der Waals surface area contributed by atoms with Crippen LogP contribution in [0.4, 0.5) is 0 Å². The monoisotopic (exact) mass is 257 g/mol. The fourth-order valence-electron chi connectivity index (χ4n) is 1.63. The van der Waals surface area contributed by atoms with Gasteiger partial charge in [-0.1, -0.05) is 11.6 Å². The molecule has 0 N–H and O–H groups in total. The Balaban J connectivity index is 1.60. The Kier molecular flexibility index (Phi) is 5.04. The van der Waals surface area contributed by atoms with E-state index in [-0.39, 0.29) is 6.29 Å². The minimum Gasteiger partial charge on any atom is -0.490 e. The topological polar surface area (TPSA) is 40.6 Å². The van der Waals surface area contributed by atoms with E-state index in [4.69, 9.17) is 25.8 Å². The number of nitrogens with zero attached hydrogens (tertiary/aromatic N) is 1. The SMILES string of the molecule is Clc1ccc(OCCOC2CCCCO2)cn1. The van der Waals surface area contributed by atoms with Crippen molar-refractivity contribution in [2.24, 2.45) is 0 Å². The van der Waals surface area contributed by atoms with Gasteiger partial charge in [0, 0.05) is 6.61 Å². The molecule has 2 rings (SSSR count). The number of ether oxygens (including phenoxy) is 3. The van der Waals surface area contributed by atoms with Gasteiger partial charge in [-0.05, 0) is 31.4 Å². The number of aromatic nitrogens is 1.